The van der Waals surface area contributed by atoms with E-state index in [9.17, 15) is 10.2 Å². The maximum absolute atomic E-state index is 11.3. The number of rotatable bonds is 2. The maximum atomic E-state index is 11.3. The van der Waals surface area contributed by atoms with Gasteiger partial charge in [0, 0.05) is 22.0 Å². The Morgan fingerprint density at radius 2 is 1.95 bits per heavy atom. The van der Waals surface area contributed by atoms with Crippen LogP contribution < -0.4 is 0 Å². The number of epoxide rings is 1. The van der Waals surface area contributed by atoms with E-state index in [1.54, 1.807) is 5.56 Å². The molecule has 0 amide bonds. The summed E-state index contributed by atoms with van der Waals surface area (Å²) in [6.45, 7) is 19.7. The fraction of sp³-hybridized carbons (Fsp3) is 0.676. The summed E-state index contributed by atoms with van der Waals surface area (Å²) in [5.74, 6) is 2.02. The lowest BCUT2D eigenvalue weighted by atomic mass is 9.43. The first-order valence-corrected chi connectivity index (χ1v) is 16.6. The van der Waals surface area contributed by atoms with E-state index >= 15 is 0 Å². The number of hydrogen-bond acceptors (Lipinski definition) is 4. The van der Waals surface area contributed by atoms with Crippen LogP contribution in [0.25, 0.3) is 10.9 Å². The van der Waals surface area contributed by atoms with Crippen molar-refractivity contribution in [3.8, 4) is 0 Å². The number of aromatic amines is 1. The Morgan fingerprint density at radius 3 is 2.69 bits per heavy atom. The van der Waals surface area contributed by atoms with Gasteiger partial charge in [0.25, 0.3) is 0 Å². The molecule has 1 aromatic carbocycles. The molecule has 10 unspecified atom stereocenters. The molecular weight excluding hydrogens is 522 g/mol. The van der Waals surface area contributed by atoms with Gasteiger partial charge < -0.3 is 24.7 Å². The highest BCUT2D eigenvalue weighted by molar-refractivity contribution is 5.91. The van der Waals surface area contributed by atoms with E-state index in [0.717, 1.165) is 44.1 Å². The second-order valence-corrected chi connectivity index (χ2v) is 16.5. The molecule has 224 valence electrons. The summed E-state index contributed by atoms with van der Waals surface area (Å²) in [7, 11) is 0. The third-order valence-corrected chi connectivity index (χ3v) is 14.4. The molecule has 12 atom stereocenters. The third-order valence-electron chi connectivity index (χ3n) is 14.4. The molecule has 0 bridgehead atoms. The van der Waals surface area contributed by atoms with Gasteiger partial charge in [-0.1, -0.05) is 38.6 Å². The van der Waals surface area contributed by atoms with Gasteiger partial charge in [0.15, 0.2) is 0 Å². The quantitative estimate of drug-likeness (QED) is 0.295. The molecule has 2 saturated heterocycles. The smallest absolute Gasteiger partial charge is 0.127 e. The van der Waals surface area contributed by atoms with Crippen molar-refractivity contribution < 1.29 is 19.7 Å². The van der Waals surface area contributed by atoms with Crippen LogP contribution in [0.4, 0.5) is 0 Å². The molecule has 42 heavy (non-hydrogen) atoms. The number of ether oxygens (including phenoxy) is 2. The fourth-order valence-corrected chi connectivity index (χ4v) is 12.1. The van der Waals surface area contributed by atoms with Crippen molar-refractivity contribution in [3.63, 3.8) is 0 Å². The molecule has 3 N–H and O–H groups in total. The van der Waals surface area contributed by atoms with E-state index in [4.69, 9.17) is 9.47 Å². The van der Waals surface area contributed by atoms with Gasteiger partial charge in [-0.2, -0.15) is 0 Å². The molecule has 2 aliphatic heterocycles. The summed E-state index contributed by atoms with van der Waals surface area (Å²) in [6.07, 6.45) is 6.40. The van der Waals surface area contributed by atoms with E-state index in [2.05, 4.69) is 44.1 Å². The SMILES string of the molecule is C=C1Cc2ccc3[nH]c4c(c3c2C2C1CC2C(C)(C)O)CC1CCC2C35OC3C(O)C(C(=C)C)OC5CC[C@]2(C)[C@@]41C. The fourth-order valence-electron chi connectivity index (χ4n) is 12.1. The number of H-pyrrole nitrogens is 1. The van der Waals surface area contributed by atoms with Gasteiger partial charge in [0.1, 0.15) is 23.9 Å². The minimum Gasteiger partial charge on any atom is -0.390 e. The first-order valence-electron chi connectivity index (χ1n) is 16.6. The molecule has 1 spiro atoms. The zero-order valence-corrected chi connectivity index (χ0v) is 25.9. The van der Waals surface area contributed by atoms with Crippen LogP contribution in [0, 0.1) is 29.1 Å². The number of nitrogens with one attached hydrogen (secondary N) is 1. The van der Waals surface area contributed by atoms with Gasteiger partial charge in [-0.3, -0.25) is 0 Å². The average molecular weight is 570 g/mol. The van der Waals surface area contributed by atoms with Crippen molar-refractivity contribution in [3.05, 3.63) is 58.8 Å². The number of hydrogen-bond donors (Lipinski definition) is 3. The second-order valence-electron chi connectivity index (χ2n) is 16.5. The molecule has 5 heteroatoms. The predicted molar refractivity (Wildman–Crippen MR) is 163 cm³/mol. The highest BCUT2D eigenvalue weighted by atomic mass is 16.7. The van der Waals surface area contributed by atoms with Crippen molar-refractivity contribution in [2.75, 3.05) is 0 Å². The van der Waals surface area contributed by atoms with Crippen LogP contribution in [0.15, 0.2) is 36.4 Å². The van der Waals surface area contributed by atoms with Gasteiger partial charge in [-0.25, -0.2) is 0 Å². The van der Waals surface area contributed by atoms with Crippen LogP contribution in [0.2, 0.25) is 0 Å². The molecule has 9 rings (SSSR count). The Kier molecular flexibility index (Phi) is 4.94. The number of aliphatic hydroxyl groups excluding tert-OH is 1. The Hall–Kier alpha value is -1.92. The number of aliphatic hydroxyl groups is 2. The molecule has 5 nitrogen and oxygen atoms in total. The Balaban J connectivity index is 1.17. The van der Waals surface area contributed by atoms with Crippen LogP contribution in [-0.4, -0.2) is 50.8 Å². The summed E-state index contributed by atoms with van der Waals surface area (Å²) in [4.78, 5) is 4.06. The Bertz CT molecular complexity index is 1580. The average Bonchev–Trinajstić information content (AvgIpc) is 3.42. The summed E-state index contributed by atoms with van der Waals surface area (Å²) >= 11 is 0. The van der Waals surface area contributed by atoms with Gasteiger partial charge in [0.2, 0.25) is 0 Å². The first-order chi connectivity index (χ1) is 19.8. The van der Waals surface area contributed by atoms with Gasteiger partial charge in [-0.05, 0) is 129 Å². The van der Waals surface area contributed by atoms with Crippen LogP contribution in [0.1, 0.15) is 95.0 Å². The standard InChI is InChI=1S/C37H47NO4/c1-17(2)31-30(39)33-37(42-33)25-11-9-20-15-22-29-24(38-32(22)36(20,7)35(25,6)13-12-26(37)41-31)10-8-19-14-18(3)21-16-23(34(4,5)40)28(21)27(19)29/h8,10,20-21,23,25-26,28,30-31,33,38-40H,1,3,9,11-16H2,2,4-7H3/t20?,21?,23?,25?,26?,28?,30?,31?,33?,35-,36+,37?/m0/s1. The molecule has 3 saturated carbocycles. The first kappa shape index (κ1) is 26.5. The van der Waals surface area contributed by atoms with Gasteiger partial charge in [0.05, 0.1) is 11.7 Å². The molecular formula is C37H47NO4. The van der Waals surface area contributed by atoms with E-state index in [0.29, 0.717) is 23.7 Å². The molecule has 2 aromatic rings. The number of allylic oxidation sites excluding steroid dienone is 1. The second kappa shape index (κ2) is 7.83. The van der Waals surface area contributed by atoms with Crippen LogP contribution in [-0.2, 0) is 27.7 Å². The summed E-state index contributed by atoms with van der Waals surface area (Å²) in [5, 5.41) is 23.9. The van der Waals surface area contributed by atoms with Crippen molar-refractivity contribution in [1.82, 2.24) is 4.98 Å². The minimum absolute atomic E-state index is 0.00351. The Morgan fingerprint density at radius 1 is 1.17 bits per heavy atom. The zero-order valence-electron chi connectivity index (χ0n) is 25.9. The lowest BCUT2D eigenvalue weighted by molar-refractivity contribution is -0.180. The largest absolute Gasteiger partial charge is 0.390 e. The van der Waals surface area contributed by atoms with Crippen molar-refractivity contribution in [1.29, 1.82) is 0 Å². The number of fused-ring (bicyclic) bond motifs is 11. The maximum Gasteiger partial charge on any atom is 0.127 e. The Labute approximate surface area is 249 Å². The van der Waals surface area contributed by atoms with Crippen molar-refractivity contribution in [2.45, 2.75) is 127 Å². The number of aromatic nitrogens is 1. The summed E-state index contributed by atoms with van der Waals surface area (Å²) < 4.78 is 13.2. The summed E-state index contributed by atoms with van der Waals surface area (Å²) in [5.41, 5.74) is 8.38. The predicted octanol–water partition coefficient (Wildman–Crippen LogP) is 6.25. The van der Waals surface area contributed by atoms with E-state index in [-0.39, 0.29) is 40.7 Å². The van der Waals surface area contributed by atoms with Crippen LogP contribution >= 0.6 is 0 Å². The van der Waals surface area contributed by atoms with E-state index in [1.807, 2.05) is 20.8 Å². The van der Waals surface area contributed by atoms with Crippen LogP contribution in [0.5, 0.6) is 0 Å². The zero-order chi connectivity index (χ0) is 29.3. The molecule has 5 fully saturated rings. The van der Waals surface area contributed by atoms with E-state index < -0.39 is 11.7 Å². The van der Waals surface area contributed by atoms with Crippen LogP contribution in [0.3, 0.4) is 0 Å². The van der Waals surface area contributed by atoms with E-state index in [1.165, 1.54) is 39.7 Å². The highest BCUT2D eigenvalue weighted by Crippen LogP contribution is 2.73. The topological polar surface area (TPSA) is 78.0 Å². The highest BCUT2D eigenvalue weighted by Gasteiger charge is 2.79. The van der Waals surface area contributed by atoms with Gasteiger partial charge in [-0.15, -0.1) is 0 Å². The monoisotopic (exact) mass is 569 g/mol. The molecule has 1 aromatic heterocycles. The lowest BCUT2D eigenvalue weighted by Crippen LogP contribution is -2.66. The normalized spacial score (nSPS) is 48.2. The van der Waals surface area contributed by atoms with Crippen molar-refractivity contribution in [2.24, 2.45) is 29.1 Å². The minimum atomic E-state index is -0.701. The molecule has 5 aliphatic carbocycles. The van der Waals surface area contributed by atoms with Gasteiger partial charge >= 0.3 is 0 Å². The third kappa shape index (κ3) is 2.83. The van der Waals surface area contributed by atoms with Crippen molar-refractivity contribution >= 4 is 10.9 Å². The molecule has 7 aliphatic rings. The molecule has 0 radical (unpaired) electrons. The molecule has 3 heterocycles. The summed E-state index contributed by atoms with van der Waals surface area (Å²) in [6, 6.07) is 4.65. The lowest BCUT2D eigenvalue weighted by Gasteiger charge is -2.62. The number of benzene rings is 1.